The van der Waals surface area contributed by atoms with Crippen molar-refractivity contribution in [2.75, 3.05) is 32.1 Å². The summed E-state index contributed by atoms with van der Waals surface area (Å²) in [6, 6.07) is 8.74. The number of methoxy groups -OCH3 is 1. The third-order valence-corrected chi connectivity index (χ3v) is 5.63. The second-order valence-electron chi connectivity index (χ2n) is 7.43. The smallest absolute Gasteiger partial charge is 0.350 e. The van der Waals surface area contributed by atoms with Gasteiger partial charge < -0.3 is 19.5 Å². The third kappa shape index (κ3) is 6.36. The Balaban J connectivity index is 1.49. The van der Waals surface area contributed by atoms with Gasteiger partial charge in [-0.15, -0.1) is 11.3 Å². The summed E-state index contributed by atoms with van der Waals surface area (Å²) in [5, 5.41) is 4.21. The maximum Gasteiger partial charge on any atom is 0.350 e. The number of ether oxygens (including phenoxy) is 3. The number of thiophene rings is 1. The summed E-state index contributed by atoms with van der Waals surface area (Å²) in [4.78, 5) is 38.6. The van der Waals surface area contributed by atoms with Crippen LogP contribution >= 0.6 is 11.3 Å². The number of hydrogen-bond donors (Lipinski definition) is 1. The molecule has 8 nitrogen and oxygen atoms in total. The van der Waals surface area contributed by atoms with E-state index in [2.05, 4.69) is 28.8 Å². The number of nitrogens with one attached hydrogen (secondary N) is 1. The highest BCUT2D eigenvalue weighted by Crippen LogP contribution is 2.23. The normalized spacial score (nSPS) is 18.9. The average molecular weight is 447 g/mol. The Hall–Kier alpha value is -2.75. The van der Waals surface area contributed by atoms with Gasteiger partial charge in [-0.2, -0.15) is 0 Å². The summed E-state index contributed by atoms with van der Waals surface area (Å²) < 4.78 is 15.5. The van der Waals surface area contributed by atoms with Gasteiger partial charge in [-0.3, -0.25) is 9.69 Å². The van der Waals surface area contributed by atoms with Gasteiger partial charge in [0.15, 0.2) is 6.61 Å². The molecule has 1 aromatic carbocycles. The lowest BCUT2D eigenvalue weighted by Gasteiger charge is -2.35. The Bertz CT molecular complexity index is 916. The molecule has 1 amide bonds. The largest absolute Gasteiger partial charge is 0.465 e. The molecule has 2 atom stereocenters. The summed E-state index contributed by atoms with van der Waals surface area (Å²) in [7, 11) is 1.27. The lowest BCUT2D eigenvalue weighted by molar-refractivity contribution is -0.119. The number of nitrogens with zero attached hydrogens (tertiary/aromatic N) is 1. The van der Waals surface area contributed by atoms with Crippen molar-refractivity contribution in [3.8, 4) is 0 Å². The molecule has 2 unspecified atom stereocenters. The molecule has 1 N–H and O–H groups in total. The van der Waals surface area contributed by atoms with E-state index in [4.69, 9.17) is 9.47 Å². The van der Waals surface area contributed by atoms with E-state index in [-0.39, 0.29) is 17.1 Å². The molecule has 0 radical (unpaired) electrons. The van der Waals surface area contributed by atoms with E-state index in [1.165, 1.54) is 7.11 Å². The molecule has 1 fully saturated rings. The maximum absolute atomic E-state index is 12.3. The third-order valence-electron chi connectivity index (χ3n) is 4.74. The number of benzene rings is 1. The van der Waals surface area contributed by atoms with Crippen LogP contribution in [0.3, 0.4) is 0 Å². The molecular weight excluding hydrogens is 420 g/mol. The van der Waals surface area contributed by atoms with Gasteiger partial charge in [0.25, 0.3) is 5.91 Å². The highest BCUT2D eigenvalue weighted by atomic mass is 32.1. The molecule has 0 saturated carbocycles. The molecule has 2 aromatic rings. The van der Waals surface area contributed by atoms with Crippen LogP contribution in [-0.2, 0) is 25.5 Å². The molecular formula is C22H26N2O6S. The summed E-state index contributed by atoms with van der Waals surface area (Å²) >= 11 is 1.15. The Morgan fingerprint density at radius 2 is 1.77 bits per heavy atom. The van der Waals surface area contributed by atoms with Crippen LogP contribution in [0.1, 0.15) is 39.4 Å². The van der Waals surface area contributed by atoms with Crippen LogP contribution in [0.2, 0.25) is 0 Å². The zero-order chi connectivity index (χ0) is 22.4. The number of carbonyl (C=O) groups excluding carboxylic acids is 3. The average Bonchev–Trinajstić information content (AvgIpc) is 3.19. The van der Waals surface area contributed by atoms with Gasteiger partial charge in [0.1, 0.15) is 4.88 Å². The second kappa shape index (κ2) is 10.5. The standard InChI is InChI=1S/C22H26N2O6S/c1-14-10-24(11-15(2)30-14)12-16-4-6-17(7-5-16)21(26)29-13-19(25)23-18-8-9-31-20(18)22(27)28-3/h4-9,14-15H,10-13H2,1-3H3,(H,23,25). The van der Waals surface area contributed by atoms with Crippen LogP contribution in [0.25, 0.3) is 0 Å². The van der Waals surface area contributed by atoms with Gasteiger partial charge in [0.05, 0.1) is 30.6 Å². The fourth-order valence-corrected chi connectivity index (χ4v) is 4.24. The number of amides is 1. The number of rotatable bonds is 7. The fourth-order valence-electron chi connectivity index (χ4n) is 3.48. The fraction of sp³-hybridized carbons (Fsp3) is 0.409. The van der Waals surface area contributed by atoms with Gasteiger partial charge in [0, 0.05) is 19.6 Å². The Labute approximate surface area is 185 Å². The number of anilines is 1. The number of morpholine rings is 1. The second-order valence-corrected chi connectivity index (χ2v) is 8.34. The van der Waals surface area contributed by atoms with Gasteiger partial charge in [-0.25, -0.2) is 9.59 Å². The van der Waals surface area contributed by atoms with Crippen LogP contribution in [0.4, 0.5) is 5.69 Å². The van der Waals surface area contributed by atoms with Gasteiger partial charge in [-0.05, 0) is 43.0 Å². The first-order chi connectivity index (χ1) is 14.9. The first kappa shape index (κ1) is 22.9. The molecule has 1 aliphatic rings. The number of hydrogen-bond acceptors (Lipinski definition) is 8. The predicted molar refractivity (Wildman–Crippen MR) is 116 cm³/mol. The molecule has 31 heavy (non-hydrogen) atoms. The zero-order valence-corrected chi connectivity index (χ0v) is 18.6. The summed E-state index contributed by atoms with van der Waals surface area (Å²) in [5.74, 6) is -1.67. The SMILES string of the molecule is COC(=O)c1sccc1NC(=O)COC(=O)c1ccc(CN2CC(C)OC(C)C2)cc1. The van der Waals surface area contributed by atoms with Crippen molar-refractivity contribution in [3.05, 3.63) is 51.7 Å². The van der Waals surface area contributed by atoms with E-state index in [0.29, 0.717) is 11.3 Å². The minimum atomic E-state index is -0.589. The quantitative estimate of drug-likeness (QED) is 0.654. The summed E-state index contributed by atoms with van der Waals surface area (Å²) in [6.45, 7) is 6.18. The van der Waals surface area contributed by atoms with Crippen molar-refractivity contribution < 1.29 is 28.6 Å². The van der Waals surface area contributed by atoms with E-state index in [9.17, 15) is 14.4 Å². The van der Waals surface area contributed by atoms with E-state index < -0.39 is 24.5 Å². The number of esters is 2. The topological polar surface area (TPSA) is 94.2 Å². The summed E-state index contributed by atoms with van der Waals surface area (Å²) in [6.07, 6.45) is 0.392. The van der Waals surface area contributed by atoms with Crippen LogP contribution in [0.15, 0.2) is 35.7 Å². The van der Waals surface area contributed by atoms with Gasteiger partial charge in [-0.1, -0.05) is 12.1 Å². The molecule has 1 aromatic heterocycles. The molecule has 0 aliphatic carbocycles. The molecule has 0 bridgehead atoms. The van der Waals surface area contributed by atoms with E-state index in [1.807, 2.05) is 12.1 Å². The molecule has 1 aliphatic heterocycles. The van der Waals surface area contributed by atoms with Crippen molar-refractivity contribution in [1.82, 2.24) is 4.90 Å². The number of carbonyl (C=O) groups is 3. The molecule has 3 rings (SSSR count). The molecule has 2 heterocycles. The summed E-state index contributed by atoms with van der Waals surface area (Å²) in [5.41, 5.74) is 1.78. The molecule has 166 valence electrons. The van der Waals surface area contributed by atoms with Gasteiger partial charge >= 0.3 is 11.9 Å². The minimum Gasteiger partial charge on any atom is -0.465 e. The van der Waals surface area contributed by atoms with Crippen LogP contribution in [-0.4, -0.2) is 61.8 Å². The highest BCUT2D eigenvalue weighted by Gasteiger charge is 2.22. The van der Waals surface area contributed by atoms with Crippen molar-refractivity contribution >= 4 is 34.9 Å². The Kier molecular flexibility index (Phi) is 7.78. The van der Waals surface area contributed by atoms with Crippen molar-refractivity contribution in [3.63, 3.8) is 0 Å². The minimum absolute atomic E-state index is 0.196. The Morgan fingerprint density at radius 1 is 1.10 bits per heavy atom. The predicted octanol–water partition coefficient (Wildman–Crippen LogP) is 2.94. The lowest BCUT2D eigenvalue weighted by Crippen LogP contribution is -2.44. The first-order valence-corrected chi connectivity index (χ1v) is 10.8. The van der Waals surface area contributed by atoms with E-state index in [1.54, 1.807) is 23.6 Å². The molecule has 0 spiro atoms. The maximum atomic E-state index is 12.3. The molecule has 1 saturated heterocycles. The van der Waals surface area contributed by atoms with E-state index in [0.717, 1.165) is 36.5 Å². The van der Waals surface area contributed by atoms with Crippen LogP contribution in [0.5, 0.6) is 0 Å². The molecule has 9 heteroatoms. The lowest BCUT2D eigenvalue weighted by atomic mass is 10.1. The van der Waals surface area contributed by atoms with Crippen molar-refractivity contribution in [1.29, 1.82) is 0 Å². The van der Waals surface area contributed by atoms with Crippen molar-refractivity contribution in [2.45, 2.75) is 32.6 Å². The first-order valence-electron chi connectivity index (χ1n) is 9.95. The highest BCUT2D eigenvalue weighted by molar-refractivity contribution is 7.12. The van der Waals surface area contributed by atoms with Crippen LogP contribution < -0.4 is 5.32 Å². The van der Waals surface area contributed by atoms with Crippen LogP contribution in [0, 0.1) is 0 Å². The monoisotopic (exact) mass is 446 g/mol. The zero-order valence-electron chi connectivity index (χ0n) is 17.8. The Morgan fingerprint density at radius 3 is 2.42 bits per heavy atom. The van der Waals surface area contributed by atoms with Crippen molar-refractivity contribution in [2.24, 2.45) is 0 Å². The van der Waals surface area contributed by atoms with Gasteiger partial charge in [0.2, 0.25) is 0 Å². The van der Waals surface area contributed by atoms with E-state index >= 15 is 0 Å².